The van der Waals surface area contributed by atoms with Crippen molar-refractivity contribution in [2.75, 3.05) is 7.11 Å². The van der Waals surface area contributed by atoms with E-state index in [4.69, 9.17) is 4.74 Å². The lowest BCUT2D eigenvalue weighted by Gasteiger charge is -2.21. The van der Waals surface area contributed by atoms with Crippen LogP contribution >= 0.6 is 0 Å². The van der Waals surface area contributed by atoms with E-state index in [0.29, 0.717) is 6.54 Å². The minimum atomic E-state index is -0.684. The van der Waals surface area contributed by atoms with Crippen LogP contribution in [0.4, 0.5) is 4.79 Å². The van der Waals surface area contributed by atoms with Crippen molar-refractivity contribution in [1.29, 1.82) is 0 Å². The molecule has 1 fully saturated rings. The van der Waals surface area contributed by atoms with Gasteiger partial charge in [-0.1, -0.05) is 42.5 Å². The van der Waals surface area contributed by atoms with Gasteiger partial charge in [-0.2, -0.15) is 0 Å². The van der Waals surface area contributed by atoms with E-state index in [1.807, 2.05) is 61.5 Å². The van der Waals surface area contributed by atoms with Crippen molar-refractivity contribution in [2.24, 2.45) is 0 Å². The number of nitrogens with zero attached hydrogens (tertiary/aromatic N) is 1. The normalized spacial score (nSPS) is 17.0. The van der Waals surface area contributed by atoms with E-state index in [-0.39, 0.29) is 30.7 Å². The second kappa shape index (κ2) is 9.23. The number of urea groups is 1. The smallest absolute Gasteiger partial charge is 0.325 e. The van der Waals surface area contributed by atoms with E-state index in [0.717, 1.165) is 16.9 Å². The number of benzene rings is 2. The Morgan fingerprint density at radius 2 is 1.93 bits per heavy atom. The summed E-state index contributed by atoms with van der Waals surface area (Å²) in [7, 11) is 1.59. The van der Waals surface area contributed by atoms with Gasteiger partial charge in [-0.15, -0.1) is 0 Å². The van der Waals surface area contributed by atoms with Crippen LogP contribution in [0.3, 0.4) is 0 Å². The van der Waals surface area contributed by atoms with Crippen LogP contribution in [-0.2, 0) is 16.1 Å². The summed E-state index contributed by atoms with van der Waals surface area (Å²) in [5, 5.41) is 5.52. The van der Waals surface area contributed by atoms with E-state index in [1.54, 1.807) is 7.11 Å². The Morgan fingerprint density at radius 3 is 2.66 bits per heavy atom. The molecule has 1 heterocycles. The maximum atomic E-state index is 12.7. The van der Waals surface area contributed by atoms with Crippen molar-refractivity contribution in [3.05, 3.63) is 65.7 Å². The Bertz CT molecular complexity index is 885. The third-order valence-corrected chi connectivity index (χ3v) is 5.01. The molecule has 2 aromatic carbocycles. The van der Waals surface area contributed by atoms with Crippen LogP contribution in [0, 0.1) is 0 Å². The first-order valence-electron chi connectivity index (χ1n) is 9.57. The molecule has 1 aliphatic rings. The van der Waals surface area contributed by atoms with Gasteiger partial charge in [0, 0.05) is 13.0 Å². The lowest BCUT2D eigenvalue weighted by atomic mass is 10.1. The first-order chi connectivity index (χ1) is 14.0. The maximum Gasteiger partial charge on any atom is 0.325 e. The maximum absolute atomic E-state index is 12.7. The fraction of sp³-hybridized carbons (Fsp3) is 0.318. The van der Waals surface area contributed by atoms with Gasteiger partial charge in [0.05, 0.1) is 13.2 Å². The van der Waals surface area contributed by atoms with E-state index >= 15 is 0 Å². The van der Waals surface area contributed by atoms with E-state index in [9.17, 15) is 14.4 Å². The molecule has 1 aliphatic heterocycles. The summed E-state index contributed by atoms with van der Waals surface area (Å²) in [5.74, 6) is 0.250. The molecule has 0 radical (unpaired) electrons. The van der Waals surface area contributed by atoms with Gasteiger partial charge in [-0.3, -0.25) is 14.5 Å². The Kier molecular flexibility index (Phi) is 6.49. The number of rotatable bonds is 8. The highest BCUT2D eigenvalue weighted by molar-refractivity contribution is 6.04. The molecule has 2 N–H and O–H groups in total. The number of imide groups is 1. The van der Waals surface area contributed by atoms with Crippen molar-refractivity contribution in [2.45, 2.75) is 38.4 Å². The fourth-order valence-electron chi connectivity index (χ4n) is 3.34. The Morgan fingerprint density at radius 1 is 1.17 bits per heavy atom. The molecular formula is C22H25N3O4. The summed E-state index contributed by atoms with van der Waals surface area (Å²) in [6, 6.07) is 15.3. The van der Waals surface area contributed by atoms with Gasteiger partial charge in [-0.05, 0) is 36.6 Å². The SMILES string of the molecule is COc1cccc(CNC(=O)CCC2NC(=O)N(C(C)c3ccccc3)C2=O)c1. The van der Waals surface area contributed by atoms with Gasteiger partial charge in [0.2, 0.25) is 5.91 Å². The average Bonchev–Trinajstić information content (AvgIpc) is 3.04. The number of ether oxygens (including phenoxy) is 1. The molecule has 0 aromatic heterocycles. The summed E-state index contributed by atoms with van der Waals surface area (Å²) in [5.41, 5.74) is 1.80. The molecule has 2 unspecified atom stereocenters. The first-order valence-corrected chi connectivity index (χ1v) is 9.57. The predicted octanol–water partition coefficient (Wildman–Crippen LogP) is 2.77. The standard InChI is InChI=1S/C22H25N3O4/c1-15(17-8-4-3-5-9-17)25-21(27)19(24-22(25)28)11-12-20(26)23-14-16-7-6-10-18(13-16)29-2/h3-10,13,15,19H,11-12,14H2,1-2H3,(H,23,26)(H,24,28). The van der Waals surface area contributed by atoms with Crippen molar-refractivity contribution < 1.29 is 19.1 Å². The van der Waals surface area contributed by atoms with Gasteiger partial charge in [-0.25, -0.2) is 4.79 Å². The topological polar surface area (TPSA) is 87.7 Å². The number of hydrogen-bond acceptors (Lipinski definition) is 4. The highest BCUT2D eigenvalue weighted by Gasteiger charge is 2.40. The van der Waals surface area contributed by atoms with Crippen LogP contribution in [0.15, 0.2) is 54.6 Å². The van der Waals surface area contributed by atoms with E-state index in [1.165, 1.54) is 4.90 Å². The van der Waals surface area contributed by atoms with Crippen LogP contribution < -0.4 is 15.4 Å². The second-order valence-corrected chi connectivity index (χ2v) is 6.96. The van der Waals surface area contributed by atoms with Gasteiger partial charge in [0.1, 0.15) is 11.8 Å². The Hall–Kier alpha value is -3.35. The molecule has 7 nitrogen and oxygen atoms in total. The third kappa shape index (κ3) is 4.93. The molecular weight excluding hydrogens is 370 g/mol. The second-order valence-electron chi connectivity index (χ2n) is 6.96. The number of nitrogens with one attached hydrogen (secondary N) is 2. The lowest BCUT2D eigenvalue weighted by molar-refractivity contribution is -0.129. The third-order valence-electron chi connectivity index (χ3n) is 5.01. The number of carbonyl (C=O) groups is 3. The molecule has 0 spiro atoms. The molecule has 2 aromatic rings. The van der Waals surface area contributed by atoms with Gasteiger partial charge < -0.3 is 15.4 Å². The predicted molar refractivity (Wildman–Crippen MR) is 108 cm³/mol. The summed E-state index contributed by atoms with van der Waals surface area (Å²) in [4.78, 5) is 38.4. The number of hydrogen-bond donors (Lipinski definition) is 2. The number of carbonyl (C=O) groups excluding carboxylic acids is 3. The average molecular weight is 395 g/mol. The zero-order valence-electron chi connectivity index (χ0n) is 16.6. The quantitative estimate of drug-likeness (QED) is 0.673. The minimum Gasteiger partial charge on any atom is -0.497 e. The van der Waals surface area contributed by atoms with Crippen molar-refractivity contribution in [3.63, 3.8) is 0 Å². The molecule has 2 atom stereocenters. The Labute approximate surface area is 170 Å². The highest BCUT2D eigenvalue weighted by Crippen LogP contribution is 2.25. The molecule has 0 saturated carbocycles. The van der Waals surface area contributed by atoms with Gasteiger partial charge in [0.25, 0.3) is 5.91 Å². The van der Waals surface area contributed by atoms with Crippen LogP contribution in [-0.4, -0.2) is 35.9 Å². The van der Waals surface area contributed by atoms with Crippen LogP contribution in [0.1, 0.15) is 36.9 Å². The van der Waals surface area contributed by atoms with Crippen LogP contribution in [0.5, 0.6) is 5.75 Å². The van der Waals surface area contributed by atoms with Crippen LogP contribution in [0.25, 0.3) is 0 Å². The van der Waals surface area contributed by atoms with E-state index < -0.39 is 12.1 Å². The van der Waals surface area contributed by atoms with Crippen LogP contribution in [0.2, 0.25) is 0 Å². The monoisotopic (exact) mass is 395 g/mol. The molecule has 152 valence electrons. The van der Waals surface area contributed by atoms with E-state index in [2.05, 4.69) is 10.6 Å². The van der Waals surface area contributed by atoms with Crippen molar-refractivity contribution >= 4 is 17.8 Å². The molecule has 1 saturated heterocycles. The summed E-state index contributed by atoms with van der Waals surface area (Å²) in [6.45, 7) is 2.19. The zero-order chi connectivity index (χ0) is 20.8. The minimum absolute atomic E-state index is 0.147. The molecule has 3 rings (SSSR count). The number of methoxy groups -OCH3 is 1. The lowest BCUT2D eigenvalue weighted by Crippen LogP contribution is -2.34. The van der Waals surface area contributed by atoms with Crippen molar-refractivity contribution in [3.8, 4) is 5.75 Å². The molecule has 29 heavy (non-hydrogen) atoms. The summed E-state index contributed by atoms with van der Waals surface area (Å²) in [6.07, 6.45) is 0.404. The Balaban J connectivity index is 1.51. The summed E-state index contributed by atoms with van der Waals surface area (Å²) < 4.78 is 5.16. The molecule has 4 amide bonds. The zero-order valence-corrected chi connectivity index (χ0v) is 16.6. The number of amides is 4. The fourth-order valence-corrected chi connectivity index (χ4v) is 3.34. The summed E-state index contributed by atoms with van der Waals surface area (Å²) >= 11 is 0. The first kappa shape index (κ1) is 20.4. The highest BCUT2D eigenvalue weighted by atomic mass is 16.5. The molecule has 7 heteroatoms. The largest absolute Gasteiger partial charge is 0.497 e. The molecule has 0 bridgehead atoms. The van der Waals surface area contributed by atoms with Crippen molar-refractivity contribution in [1.82, 2.24) is 15.5 Å². The molecule has 0 aliphatic carbocycles. The van der Waals surface area contributed by atoms with Gasteiger partial charge in [0.15, 0.2) is 0 Å². The van der Waals surface area contributed by atoms with Gasteiger partial charge >= 0.3 is 6.03 Å².